The molecule has 1 aromatic carbocycles. The molecule has 9 heteroatoms. The highest BCUT2D eigenvalue weighted by Crippen LogP contribution is 2.39. The lowest BCUT2D eigenvalue weighted by Crippen LogP contribution is -2.23. The summed E-state index contributed by atoms with van der Waals surface area (Å²) in [7, 11) is 5.73. The van der Waals surface area contributed by atoms with Crippen molar-refractivity contribution >= 4 is 27.4 Å². The molecule has 0 aliphatic carbocycles. The van der Waals surface area contributed by atoms with E-state index in [9.17, 15) is 0 Å². The first-order valence-corrected chi connectivity index (χ1v) is 11.7. The average Bonchev–Trinajstić information content (AvgIpc) is 3.39. The van der Waals surface area contributed by atoms with E-state index in [4.69, 9.17) is 19.7 Å². The summed E-state index contributed by atoms with van der Waals surface area (Å²) in [4.78, 5) is 17.7. The molecule has 1 N–H and O–H groups in total. The third kappa shape index (κ3) is 4.11. The molecule has 1 atom stereocenters. The molecule has 4 heterocycles. The number of ether oxygens (including phenoxy) is 1. The van der Waals surface area contributed by atoms with Crippen molar-refractivity contribution in [2.45, 2.75) is 38.6 Å². The van der Waals surface area contributed by atoms with Crippen LogP contribution in [0.2, 0.25) is 0 Å². The predicted octanol–water partition coefficient (Wildman–Crippen LogP) is 4.10. The fraction of sp³-hybridized carbons (Fsp3) is 0.391. The van der Waals surface area contributed by atoms with Gasteiger partial charge in [-0.2, -0.15) is 5.10 Å². The molecule has 0 bridgehead atoms. The monoisotopic (exact) mass is 449 g/mol. The Labute approximate surface area is 191 Å². The second kappa shape index (κ2) is 8.93. The van der Waals surface area contributed by atoms with Crippen molar-refractivity contribution in [2.24, 2.45) is 0 Å². The highest BCUT2D eigenvalue weighted by Gasteiger charge is 2.26. The number of rotatable bonds is 7. The minimum absolute atomic E-state index is 0.0377. The van der Waals surface area contributed by atoms with Crippen LogP contribution in [0, 0.1) is 0 Å². The van der Waals surface area contributed by atoms with Gasteiger partial charge in [-0.3, -0.25) is 0 Å². The number of hydrogen-bond acceptors (Lipinski definition) is 8. The van der Waals surface area contributed by atoms with E-state index in [1.54, 1.807) is 18.4 Å². The zero-order valence-corrected chi connectivity index (χ0v) is 19.4. The number of nitrogens with one attached hydrogen (secondary N) is 1. The number of anilines is 1. The van der Waals surface area contributed by atoms with Crippen molar-refractivity contribution < 1.29 is 4.74 Å². The molecule has 0 saturated carbocycles. The van der Waals surface area contributed by atoms with Crippen LogP contribution < -0.4 is 5.32 Å². The smallest absolute Gasteiger partial charge is 0.176 e. The lowest BCUT2D eigenvalue weighted by Gasteiger charge is -2.24. The molecule has 8 nitrogen and oxygen atoms in total. The first-order chi connectivity index (χ1) is 15.6. The Morgan fingerprint density at radius 3 is 2.78 bits per heavy atom. The van der Waals surface area contributed by atoms with Gasteiger partial charge in [-0.25, -0.2) is 19.6 Å². The maximum absolute atomic E-state index is 5.24. The predicted molar refractivity (Wildman–Crippen MR) is 127 cm³/mol. The highest BCUT2D eigenvalue weighted by molar-refractivity contribution is 7.17. The van der Waals surface area contributed by atoms with Crippen LogP contribution in [-0.2, 0) is 24.4 Å². The SMILES string of the molecule is COCc1nc2n(n1)CCCC2Nc1nc(CN(C)C)nc2scc(-c3ccccc3)c12. The number of benzene rings is 1. The summed E-state index contributed by atoms with van der Waals surface area (Å²) < 4.78 is 7.24. The minimum atomic E-state index is 0.0377. The number of fused-ring (bicyclic) bond motifs is 2. The van der Waals surface area contributed by atoms with E-state index in [-0.39, 0.29) is 6.04 Å². The molecule has 4 aromatic rings. The Hall–Kier alpha value is -2.88. The fourth-order valence-corrected chi connectivity index (χ4v) is 5.13. The Bertz CT molecular complexity index is 1220. The number of thiophene rings is 1. The molecule has 0 fully saturated rings. The van der Waals surface area contributed by atoms with Crippen LogP contribution in [0.15, 0.2) is 35.7 Å². The topological polar surface area (TPSA) is 81.0 Å². The quantitative estimate of drug-likeness (QED) is 0.455. The van der Waals surface area contributed by atoms with Crippen molar-refractivity contribution in [3.63, 3.8) is 0 Å². The molecule has 1 aliphatic heterocycles. The summed E-state index contributed by atoms with van der Waals surface area (Å²) in [5, 5.41) is 11.6. The van der Waals surface area contributed by atoms with E-state index >= 15 is 0 Å². The minimum Gasteiger partial charge on any atom is -0.377 e. The summed E-state index contributed by atoms with van der Waals surface area (Å²) >= 11 is 1.66. The van der Waals surface area contributed by atoms with Gasteiger partial charge in [0, 0.05) is 24.6 Å². The van der Waals surface area contributed by atoms with Crippen LogP contribution in [-0.4, -0.2) is 50.8 Å². The Morgan fingerprint density at radius 1 is 1.16 bits per heavy atom. The normalized spacial score (nSPS) is 15.9. The first-order valence-electron chi connectivity index (χ1n) is 10.8. The Morgan fingerprint density at radius 2 is 2.00 bits per heavy atom. The second-order valence-electron chi connectivity index (χ2n) is 8.30. The third-order valence-electron chi connectivity index (χ3n) is 5.53. The van der Waals surface area contributed by atoms with Gasteiger partial charge in [-0.15, -0.1) is 11.3 Å². The largest absolute Gasteiger partial charge is 0.377 e. The number of nitrogens with zero attached hydrogens (tertiary/aromatic N) is 6. The molecular weight excluding hydrogens is 422 g/mol. The number of methoxy groups -OCH3 is 1. The summed E-state index contributed by atoms with van der Waals surface area (Å²) in [5.41, 5.74) is 2.32. The molecule has 32 heavy (non-hydrogen) atoms. The average molecular weight is 450 g/mol. The van der Waals surface area contributed by atoms with Crippen molar-refractivity contribution in [1.29, 1.82) is 0 Å². The molecular formula is C23H27N7OS. The maximum Gasteiger partial charge on any atom is 0.176 e. The van der Waals surface area contributed by atoms with Crippen molar-refractivity contribution in [3.8, 4) is 11.1 Å². The molecule has 0 spiro atoms. The lowest BCUT2D eigenvalue weighted by molar-refractivity contribution is 0.177. The zero-order chi connectivity index (χ0) is 22.1. The van der Waals surface area contributed by atoms with Crippen LogP contribution in [0.1, 0.15) is 36.4 Å². The molecule has 5 rings (SSSR count). The molecule has 1 aliphatic rings. The van der Waals surface area contributed by atoms with Crippen molar-refractivity contribution in [1.82, 2.24) is 29.6 Å². The van der Waals surface area contributed by atoms with E-state index in [0.717, 1.165) is 58.5 Å². The van der Waals surface area contributed by atoms with Gasteiger partial charge in [-0.1, -0.05) is 30.3 Å². The summed E-state index contributed by atoms with van der Waals surface area (Å²) in [5.74, 6) is 3.34. The molecule has 3 aromatic heterocycles. The highest BCUT2D eigenvalue weighted by atomic mass is 32.1. The van der Waals surface area contributed by atoms with E-state index in [1.165, 1.54) is 5.56 Å². The second-order valence-corrected chi connectivity index (χ2v) is 9.16. The summed E-state index contributed by atoms with van der Waals surface area (Å²) in [6.07, 6.45) is 2.01. The van der Waals surface area contributed by atoms with Crippen LogP contribution >= 0.6 is 11.3 Å². The van der Waals surface area contributed by atoms with Crippen LogP contribution in [0.5, 0.6) is 0 Å². The van der Waals surface area contributed by atoms with Crippen LogP contribution in [0.3, 0.4) is 0 Å². The van der Waals surface area contributed by atoms with E-state index in [0.29, 0.717) is 13.2 Å². The van der Waals surface area contributed by atoms with Crippen LogP contribution in [0.25, 0.3) is 21.3 Å². The number of aryl methyl sites for hydroxylation is 1. The Kier molecular flexibility index (Phi) is 5.86. The summed E-state index contributed by atoms with van der Waals surface area (Å²) in [6.45, 7) is 1.98. The molecule has 1 unspecified atom stereocenters. The van der Waals surface area contributed by atoms with Gasteiger partial charge in [0.05, 0.1) is 18.0 Å². The van der Waals surface area contributed by atoms with Gasteiger partial charge >= 0.3 is 0 Å². The zero-order valence-electron chi connectivity index (χ0n) is 18.6. The molecule has 0 radical (unpaired) electrons. The van der Waals surface area contributed by atoms with Gasteiger partial charge in [0.25, 0.3) is 0 Å². The van der Waals surface area contributed by atoms with Crippen molar-refractivity contribution in [2.75, 3.05) is 26.5 Å². The summed E-state index contributed by atoms with van der Waals surface area (Å²) in [6, 6.07) is 10.5. The van der Waals surface area contributed by atoms with Gasteiger partial charge in [0.1, 0.15) is 28.9 Å². The maximum atomic E-state index is 5.24. The van der Waals surface area contributed by atoms with E-state index in [1.807, 2.05) is 24.8 Å². The Balaban J connectivity index is 1.59. The van der Waals surface area contributed by atoms with Crippen LogP contribution in [0.4, 0.5) is 5.82 Å². The fourth-order valence-electron chi connectivity index (χ4n) is 4.17. The van der Waals surface area contributed by atoms with Gasteiger partial charge < -0.3 is 15.0 Å². The van der Waals surface area contributed by atoms with Gasteiger partial charge in [-0.05, 0) is 32.5 Å². The van der Waals surface area contributed by atoms with Gasteiger partial charge in [0.15, 0.2) is 5.82 Å². The van der Waals surface area contributed by atoms with E-state index < -0.39 is 0 Å². The standard InChI is InChI=1S/C23H27N7OS/c1-29(2)12-18-25-21(20-16(14-32-23(20)27-18)15-8-5-4-6-9-15)24-17-10-7-11-30-22(17)26-19(28-30)13-31-3/h4-6,8-9,14,17H,7,10-13H2,1-3H3,(H,24,25,27). The number of hydrogen-bond donors (Lipinski definition) is 1. The lowest BCUT2D eigenvalue weighted by atomic mass is 10.0. The van der Waals surface area contributed by atoms with E-state index in [2.05, 4.69) is 45.0 Å². The number of aromatic nitrogens is 5. The third-order valence-corrected chi connectivity index (χ3v) is 6.40. The van der Waals surface area contributed by atoms with Gasteiger partial charge in [0.2, 0.25) is 0 Å². The molecule has 166 valence electrons. The molecule has 0 saturated heterocycles. The molecule has 0 amide bonds. The first kappa shape index (κ1) is 21.0. The van der Waals surface area contributed by atoms with Crippen molar-refractivity contribution in [3.05, 3.63) is 53.2 Å².